The summed E-state index contributed by atoms with van der Waals surface area (Å²) in [4.78, 5) is 22.7. The third-order valence-electron chi connectivity index (χ3n) is 2.62. The molecule has 0 heterocycles. The van der Waals surface area contributed by atoms with Gasteiger partial charge in [0.2, 0.25) is 0 Å². The zero-order chi connectivity index (χ0) is 16.4. The Hall–Kier alpha value is -1.96. The van der Waals surface area contributed by atoms with Crippen LogP contribution in [0.2, 0.25) is 0 Å². The van der Waals surface area contributed by atoms with Crippen molar-refractivity contribution in [3.05, 3.63) is 30.1 Å². The summed E-state index contributed by atoms with van der Waals surface area (Å²) in [5.41, 5.74) is 5.03. The molecular formula is C14H19FN2O4S. The SMILES string of the molecule is CSCC[C@H](NC(N)=O)C(=O)OCCOc1ccc(F)cc1. The van der Waals surface area contributed by atoms with Gasteiger partial charge in [0, 0.05) is 0 Å². The fourth-order valence-electron chi connectivity index (χ4n) is 1.59. The lowest BCUT2D eigenvalue weighted by Gasteiger charge is -2.16. The summed E-state index contributed by atoms with van der Waals surface area (Å²) in [6.45, 7) is 0.148. The second-order valence-corrected chi connectivity index (χ2v) is 5.30. The molecule has 1 aromatic rings. The summed E-state index contributed by atoms with van der Waals surface area (Å²) in [7, 11) is 0. The van der Waals surface area contributed by atoms with Crippen molar-refractivity contribution < 1.29 is 23.5 Å². The number of hydrogen-bond donors (Lipinski definition) is 2. The fraction of sp³-hybridized carbons (Fsp3) is 0.429. The fourth-order valence-corrected chi connectivity index (χ4v) is 2.06. The highest BCUT2D eigenvalue weighted by Crippen LogP contribution is 2.10. The number of halogens is 1. The van der Waals surface area contributed by atoms with Gasteiger partial charge in [0.05, 0.1) is 0 Å². The molecule has 0 fully saturated rings. The van der Waals surface area contributed by atoms with E-state index in [0.29, 0.717) is 17.9 Å². The molecule has 1 rings (SSSR count). The van der Waals surface area contributed by atoms with Crippen molar-refractivity contribution in [2.75, 3.05) is 25.2 Å². The third-order valence-corrected chi connectivity index (χ3v) is 3.27. The lowest BCUT2D eigenvalue weighted by atomic mass is 10.2. The molecule has 22 heavy (non-hydrogen) atoms. The molecule has 0 unspecified atom stereocenters. The molecule has 1 atom stereocenters. The minimum absolute atomic E-state index is 0.0203. The number of nitrogens with one attached hydrogen (secondary N) is 1. The van der Waals surface area contributed by atoms with Gasteiger partial charge < -0.3 is 20.5 Å². The zero-order valence-corrected chi connectivity index (χ0v) is 13.0. The molecule has 0 radical (unpaired) electrons. The summed E-state index contributed by atoms with van der Waals surface area (Å²) < 4.78 is 23.0. The quantitative estimate of drug-likeness (QED) is 0.529. The van der Waals surface area contributed by atoms with Gasteiger partial charge in [-0.1, -0.05) is 0 Å². The van der Waals surface area contributed by atoms with Crippen molar-refractivity contribution in [3.8, 4) is 5.75 Å². The smallest absolute Gasteiger partial charge is 0.328 e. The van der Waals surface area contributed by atoms with Gasteiger partial charge >= 0.3 is 12.0 Å². The number of esters is 1. The number of ether oxygens (including phenoxy) is 2. The van der Waals surface area contributed by atoms with Gasteiger partial charge in [0.25, 0.3) is 0 Å². The lowest BCUT2D eigenvalue weighted by Crippen LogP contribution is -2.45. The van der Waals surface area contributed by atoms with E-state index < -0.39 is 18.0 Å². The lowest BCUT2D eigenvalue weighted by molar-refractivity contribution is -0.146. The Bertz CT molecular complexity index is 484. The van der Waals surface area contributed by atoms with E-state index in [1.807, 2.05) is 6.26 Å². The molecule has 0 aromatic heterocycles. The average molecular weight is 330 g/mol. The van der Waals surface area contributed by atoms with E-state index in [9.17, 15) is 14.0 Å². The number of hydrogen-bond acceptors (Lipinski definition) is 5. The average Bonchev–Trinajstić information content (AvgIpc) is 2.49. The Morgan fingerprint density at radius 3 is 2.59 bits per heavy atom. The van der Waals surface area contributed by atoms with Crippen LogP contribution in [0.25, 0.3) is 0 Å². The van der Waals surface area contributed by atoms with Crippen LogP contribution in [-0.4, -0.2) is 43.3 Å². The second kappa shape index (κ2) is 9.88. The first-order chi connectivity index (χ1) is 10.5. The van der Waals surface area contributed by atoms with Crippen molar-refractivity contribution in [1.82, 2.24) is 5.32 Å². The Kier molecular flexibility index (Phi) is 8.13. The molecule has 122 valence electrons. The third kappa shape index (κ3) is 7.16. The molecule has 6 nitrogen and oxygen atoms in total. The minimum Gasteiger partial charge on any atom is -0.490 e. The van der Waals surface area contributed by atoms with E-state index in [2.05, 4.69) is 5.32 Å². The van der Waals surface area contributed by atoms with E-state index in [-0.39, 0.29) is 19.0 Å². The first kappa shape index (κ1) is 18.1. The van der Waals surface area contributed by atoms with Gasteiger partial charge in [0.15, 0.2) is 0 Å². The van der Waals surface area contributed by atoms with Crippen LogP contribution in [0.3, 0.4) is 0 Å². The number of urea groups is 1. The first-order valence-electron chi connectivity index (χ1n) is 6.63. The Morgan fingerprint density at radius 2 is 2.00 bits per heavy atom. The van der Waals surface area contributed by atoms with E-state index in [1.165, 1.54) is 24.3 Å². The first-order valence-corrected chi connectivity index (χ1v) is 8.02. The molecule has 3 N–H and O–H groups in total. The van der Waals surface area contributed by atoms with Crippen LogP contribution in [0, 0.1) is 5.82 Å². The van der Waals surface area contributed by atoms with Crippen LogP contribution in [-0.2, 0) is 9.53 Å². The van der Waals surface area contributed by atoms with Gasteiger partial charge in [0.1, 0.15) is 30.8 Å². The topological polar surface area (TPSA) is 90.7 Å². The monoisotopic (exact) mass is 330 g/mol. The molecule has 0 saturated carbocycles. The molecule has 8 heteroatoms. The van der Waals surface area contributed by atoms with E-state index in [0.717, 1.165) is 0 Å². The molecule has 0 aliphatic rings. The van der Waals surface area contributed by atoms with E-state index in [4.69, 9.17) is 15.2 Å². The molecule has 0 bridgehead atoms. The van der Waals surface area contributed by atoms with Gasteiger partial charge in [-0.15, -0.1) is 0 Å². The van der Waals surface area contributed by atoms with E-state index >= 15 is 0 Å². The highest BCUT2D eigenvalue weighted by atomic mass is 32.2. The van der Waals surface area contributed by atoms with Gasteiger partial charge in [-0.05, 0) is 42.7 Å². The van der Waals surface area contributed by atoms with Gasteiger partial charge in [-0.3, -0.25) is 0 Å². The number of carbonyl (C=O) groups excluding carboxylic acids is 2. The minimum atomic E-state index is -0.773. The van der Waals surface area contributed by atoms with Crippen LogP contribution in [0.15, 0.2) is 24.3 Å². The van der Waals surface area contributed by atoms with Gasteiger partial charge in [-0.25, -0.2) is 14.0 Å². The largest absolute Gasteiger partial charge is 0.490 e. The molecule has 0 aliphatic heterocycles. The second-order valence-electron chi connectivity index (χ2n) is 4.31. The summed E-state index contributed by atoms with van der Waals surface area (Å²) in [5.74, 6) is 0.252. The summed E-state index contributed by atoms with van der Waals surface area (Å²) in [5, 5.41) is 2.35. The van der Waals surface area contributed by atoms with Gasteiger partial charge in [-0.2, -0.15) is 11.8 Å². The van der Waals surface area contributed by atoms with Crippen LogP contribution >= 0.6 is 11.8 Å². The Labute approximate surface area is 132 Å². The molecule has 2 amide bonds. The number of benzene rings is 1. The summed E-state index contributed by atoms with van der Waals surface area (Å²) >= 11 is 1.55. The van der Waals surface area contributed by atoms with E-state index in [1.54, 1.807) is 11.8 Å². The highest BCUT2D eigenvalue weighted by molar-refractivity contribution is 7.98. The maximum atomic E-state index is 12.7. The summed E-state index contributed by atoms with van der Waals surface area (Å²) in [6, 6.07) is 3.97. The van der Waals surface area contributed by atoms with Crippen molar-refractivity contribution >= 4 is 23.8 Å². The zero-order valence-electron chi connectivity index (χ0n) is 12.2. The maximum Gasteiger partial charge on any atom is 0.328 e. The molecular weight excluding hydrogens is 311 g/mol. The number of rotatable bonds is 9. The Morgan fingerprint density at radius 1 is 1.32 bits per heavy atom. The van der Waals surface area contributed by atoms with Crippen LogP contribution in [0.1, 0.15) is 6.42 Å². The van der Waals surface area contributed by atoms with Crippen molar-refractivity contribution in [2.45, 2.75) is 12.5 Å². The Balaban J connectivity index is 2.32. The molecule has 0 spiro atoms. The van der Waals surface area contributed by atoms with Crippen molar-refractivity contribution in [1.29, 1.82) is 0 Å². The standard InChI is InChI=1S/C14H19FN2O4S/c1-22-9-6-12(17-14(16)19)13(18)21-8-7-20-11-4-2-10(15)3-5-11/h2-5,12H,6-9H2,1H3,(H3,16,17,19)/t12-/m0/s1. The number of nitrogens with two attached hydrogens (primary N) is 1. The maximum absolute atomic E-state index is 12.7. The highest BCUT2D eigenvalue weighted by Gasteiger charge is 2.20. The van der Waals surface area contributed by atoms with Crippen LogP contribution in [0.5, 0.6) is 5.75 Å². The normalized spacial score (nSPS) is 11.5. The predicted molar refractivity (Wildman–Crippen MR) is 82.4 cm³/mol. The van der Waals surface area contributed by atoms with Crippen molar-refractivity contribution in [3.63, 3.8) is 0 Å². The number of amides is 2. The molecule has 0 aliphatic carbocycles. The predicted octanol–water partition coefficient (Wildman–Crippen LogP) is 1.54. The molecule has 1 aromatic carbocycles. The number of thioether (sulfide) groups is 1. The summed E-state index contributed by atoms with van der Waals surface area (Å²) in [6.07, 6.45) is 2.32. The molecule has 0 saturated heterocycles. The van der Waals surface area contributed by atoms with Crippen LogP contribution in [0.4, 0.5) is 9.18 Å². The number of primary amides is 1. The van der Waals surface area contributed by atoms with Crippen molar-refractivity contribution in [2.24, 2.45) is 5.73 Å². The number of carbonyl (C=O) groups is 2. The van der Waals surface area contributed by atoms with Crippen LogP contribution < -0.4 is 15.8 Å².